The molecule has 0 saturated heterocycles. The molecule has 5 nitrogen and oxygen atoms in total. The number of hydrogen-bond donors (Lipinski definition) is 5. The molecule has 0 heterocycles. The van der Waals surface area contributed by atoms with E-state index in [1.54, 1.807) is 0 Å². The Hall–Kier alpha value is -0.200. The fraction of sp³-hybridized carbons (Fsp3) is 1.00. The SMILES string of the molecule is CC(C)NCCC[C@](C)(O)[C@H]1CC[C@]2(C)[C@@H]1[C@H](O)C[C@@H]1[C@@]3(C)C[C@@H](O)[C@H](O)C(C)(C)[C@@H]3CC[C@]12C. The van der Waals surface area contributed by atoms with Gasteiger partial charge in [0.1, 0.15) is 0 Å². The minimum absolute atomic E-state index is 0.0424. The summed E-state index contributed by atoms with van der Waals surface area (Å²) in [7, 11) is 0. The molecule has 0 aromatic rings. The first-order chi connectivity index (χ1) is 16.0. The van der Waals surface area contributed by atoms with Gasteiger partial charge in [-0.25, -0.2) is 0 Å². The molecule has 0 aliphatic heterocycles. The molecule has 5 heteroatoms. The normalized spacial score (nSPS) is 50.8. The van der Waals surface area contributed by atoms with Gasteiger partial charge < -0.3 is 25.7 Å². The average molecular weight is 494 g/mol. The quantitative estimate of drug-likeness (QED) is 0.351. The fourth-order valence-corrected chi connectivity index (χ4v) is 10.6. The zero-order chi connectivity index (χ0) is 26.2. The Morgan fingerprint density at radius 2 is 1.54 bits per heavy atom. The lowest BCUT2D eigenvalue weighted by atomic mass is 9.35. The zero-order valence-corrected chi connectivity index (χ0v) is 23.8. The minimum Gasteiger partial charge on any atom is -0.393 e. The van der Waals surface area contributed by atoms with Crippen LogP contribution in [0.15, 0.2) is 0 Å². The lowest BCUT2D eigenvalue weighted by Crippen LogP contribution is -2.68. The molecule has 0 radical (unpaired) electrons. The second-order valence-electron chi connectivity index (χ2n) is 15.1. The smallest absolute Gasteiger partial charge is 0.0852 e. The summed E-state index contributed by atoms with van der Waals surface area (Å²) in [6.07, 6.45) is 5.37. The molecule has 0 amide bonds. The zero-order valence-electron chi connectivity index (χ0n) is 23.8. The van der Waals surface area contributed by atoms with E-state index in [1.807, 2.05) is 6.92 Å². The molecule has 4 saturated carbocycles. The summed E-state index contributed by atoms with van der Waals surface area (Å²) in [6, 6.07) is 0.452. The van der Waals surface area contributed by atoms with E-state index >= 15 is 0 Å². The fourth-order valence-electron chi connectivity index (χ4n) is 10.6. The molecule has 5 N–H and O–H groups in total. The van der Waals surface area contributed by atoms with Gasteiger partial charge in [-0.3, -0.25) is 0 Å². The molecule has 11 atom stereocenters. The summed E-state index contributed by atoms with van der Waals surface area (Å²) >= 11 is 0. The van der Waals surface area contributed by atoms with Crippen molar-refractivity contribution >= 4 is 0 Å². The Morgan fingerprint density at radius 3 is 2.17 bits per heavy atom. The molecular formula is C30H55NO4. The molecular weight excluding hydrogens is 438 g/mol. The molecule has 0 bridgehead atoms. The monoisotopic (exact) mass is 493 g/mol. The standard InChI is InChI=1S/C30H55NO4/c1-18(2)31-15-9-12-30(8,35)19-10-13-29(7)24(19)20(32)16-23-27(5)17-21(33)25(34)26(3,4)22(27)11-14-28(23,29)6/h18-25,31-35H,9-17H2,1-8H3/t19-,20+,21+,22-,23+,24-,25-,27-,28+,29+,30-/m0/s1. The van der Waals surface area contributed by atoms with Crippen LogP contribution in [0.4, 0.5) is 0 Å². The topological polar surface area (TPSA) is 93.0 Å². The van der Waals surface area contributed by atoms with Gasteiger partial charge in [0.25, 0.3) is 0 Å². The Bertz CT molecular complexity index is 782. The van der Waals surface area contributed by atoms with Gasteiger partial charge in [-0.1, -0.05) is 48.5 Å². The van der Waals surface area contributed by atoms with Gasteiger partial charge in [0.2, 0.25) is 0 Å². The van der Waals surface area contributed by atoms with Gasteiger partial charge in [-0.15, -0.1) is 0 Å². The first kappa shape index (κ1) is 27.8. The van der Waals surface area contributed by atoms with E-state index in [2.05, 4.69) is 53.8 Å². The summed E-state index contributed by atoms with van der Waals surface area (Å²) < 4.78 is 0. The average Bonchev–Trinajstić information content (AvgIpc) is 3.12. The summed E-state index contributed by atoms with van der Waals surface area (Å²) in [6.45, 7) is 18.7. The van der Waals surface area contributed by atoms with Gasteiger partial charge in [-0.05, 0) is 110 Å². The van der Waals surface area contributed by atoms with Crippen LogP contribution < -0.4 is 5.32 Å². The van der Waals surface area contributed by atoms with Gasteiger partial charge in [0.15, 0.2) is 0 Å². The third-order valence-electron chi connectivity index (χ3n) is 12.5. The van der Waals surface area contributed by atoms with Crippen LogP contribution >= 0.6 is 0 Å². The van der Waals surface area contributed by atoms with Crippen molar-refractivity contribution in [1.29, 1.82) is 0 Å². The largest absolute Gasteiger partial charge is 0.393 e. The predicted molar refractivity (Wildman–Crippen MR) is 141 cm³/mol. The molecule has 4 fully saturated rings. The summed E-state index contributed by atoms with van der Waals surface area (Å²) in [4.78, 5) is 0. The van der Waals surface area contributed by atoms with Crippen LogP contribution in [0.1, 0.15) is 107 Å². The third-order valence-corrected chi connectivity index (χ3v) is 12.5. The van der Waals surface area contributed by atoms with Crippen LogP contribution in [-0.4, -0.2) is 56.9 Å². The van der Waals surface area contributed by atoms with Crippen molar-refractivity contribution < 1.29 is 20.4 Å². The molecule has 35 heavy (non-hydrogen) atoms. The van der Waals surface area contributed by atoms with Gasteiger partial charge >= 0.3 is 0 Å². The first-order valence-corrected chi connectivity index (χ1v) is 14.5. The van der Waals surface area contributed by atoms with E-state index in [1.165, 1.54) is 0 Å². The van der Waals surface area contributed by atoms with E-state index in [0.717, 1.165) is 51.5 Å². The highest BCUT2D eigenvalue weighted by molar-refractivity contribution is 5.20. The number of aliphatic hydroxyl groups is 4. The highest BCUT2D eigenvalue weighted by Gasteiger charge is 2.71. The van der Waals surface area contributed by atoms with Crippen LogP contribution in [0.2, 0.25) is 0 Å². The van der Waals surface area contributed by atoms with E-state index < -0.39 is 23.9 Å². The summed E-state index contributed by atoms with van der Waals surface area (Å²) in [5, 5.41) is 48.8. The highest BCUT2D eigenvalue weighted by Crippen LogP contribution is 2.75. The molecule has 0 spiro atoms. The Balaban J connectivity index is 1.62. The van der Waals surface area contributed by atoms with E-state index in [0.29, 0.717) is 24.3 Å². The number of nitrogens with one attached hydrogen (secondary N) is 1. The number of aliphatic hydroxyl groups excluding tert-OH is 3. The van der Waals surface area contributed by atoms with Crippen molar-refractivity contribution in [2.45, 2.75) is 137 Å². The van der Waals surface area contributed by atoms with Gasteiger partial charge in [-0.2, -0.15) is 0 Å². The van der Waals surface area contributed by atoms with Crippen LogP contribution in [0, 0.1) is 45.3 Å². The number of fused-ring (bicyclic) bond motifs is 5. The molecule has 4 aliphatic carbocycles. The molecule has 0 aromatic carbocycles. The Morgan fingerprint density at radius 1 is 0.914 bits per heavy atom. The van der Waals surface area contributed by atoms with Crippen molar-refractivity contribution in [3.05, 3.63) is 0 Å². The van der Waals surface area contributed by atoms with Gasteiger partial charge in [0, 0.05) is 6.04 Å². The number of rotatable bonds is 6. The Kier molecular flexibility index (Phi) is 7.10. The van der Waals surface area contributed by atoms with Crippen LogP contribution in [0.3, 0.4) is 0 Å². The summed E-state index contributed by atoms with van der Waals surface area (Å²) in [5.41, 5.74) is -1.24. The van der Waals surface area contributed by atoms with Crippen molar-refractivity contribution in [3.8, 4) is 0 Å². The summed E-state index contributed by atoms with van der Waals surface area (Å²) in [5.74, 6) is 0.835. The molecule has 204 valence electrons. The van der Waals surface area contributed by atoms with Crippen LogP contribution in [0.25, 0.3) is 0 Å². The van der Waals surface area contributed by atoms with Crippen molar-refractivity contribution in [2.75, 3.05) is 6.54 Å². The first-order valence-electron chi connectivity index (χ1n) is 14.5. The number of hydrogen-bond acceptors (Lipinski definition) is 5. The molecule has 0 unspecified atom stereocenters. The predicted octanol–water partition coefficient (Wildman–Crippen LogP) is 4.50. The van der Waals surface area contributed by atoms with Crippen molar-refractivity contribution in [3.63, 3.8) is 0 Å². The lowest BCUT2D eigenvalue weighted by molar-refractivity contribution is -0.263. The van der Waals surface area contributed by atoms with Crippen LogP contribution in [-0.2, 0) is 0 Å². The highest BCUT2D eigenvalue weighted by atomic mass is 16.3. The van der Waals surface area contributed by atoms with E-state index in [9.17, 15) is 20.4 Å². The second kappa shape index (κ2) is 8.93. The second-order valence-corrected chi connectivity index (χ2v) is 15.1. The van der Waals surface area contributed by atoms with E-state index in [-0.39, 0.29) is 33.5 Å². The van der Waals surface area contributed by atoms with Crippen molar-refractivity contribution in [2.24, 2.45) is 45.3 Å². The van der Waals surface area contributed by atoms with E-state index in [4.69, 9.17) is 0 Å². The van der Waals surface area contributed by atoms with Crippen molar-refractivity contribution in [1.82, 2.24) is 5.32 Å². The molecule has 4 aliphatic rings. The lowest BCUT2D eigenvalue weighted by Gasteiger charge is -2.71. The maximum absolute atomic E-state index is 11.8. The molecule has 0 aromatic heterocycles. The maximum atomic E-state index is 11.8. The molecule has 4 rings (SSSR count). The Labute approximate surface area is 214 Å². The third kappa shape index (κ3) is 4.06. The van der Waals surface area contributed by atoms with Gasteiger partial charge in [0.05, 0.1) is 23.9 Å². The maximum Gasteiger partial charge on any atom is 0.0852 e. The minimum atomic E-state index is -0.778. The van der Waals surface area contributed by atoms with Crippen LogP contribution in [0.5, 0.6) is 0 Å².